The maximum atomic E-state index is 11.0. The number of carbonyl (C=O) groups is 1. The molecule has 0 aliphatic heterocycles. The fraction of sp³-hybridized carbons (Fsp3) is 0. The molecule has 0 saturated carbocycles. The Hall–Kier alpha value is -1.31. The van der Waals surface area contributed by atoms with Gasteiger partial charge in [0.1, 0.15) is 4.90 Å². The van der Waals surface area contributed by atoms with E-state index in [2.05, 4.69) is 0 Å². The number of nitrogen functional groups attached to an aromatic ring is 1. The topological polar surface area (TPSA) is 123 Å². The number of anilines is 1. The summed E-state index contributed by atoms with van der Waals surface area (Å²) in [6.07, 6.45) is 0. The summed E-state index contributed by atoms with van der Waals surface area (Å²) in [5, 5.41) is 13.4. The number of halogens is 1. The molecular formula is C7H7ClN2O4S. The van der Waals surface area contributed by atoms with E-state index in [0.717, 1.165) is 12.1 Å². The third kappa shape index (κ3) is 2.38. The lowest BCUT2D eigenvalue weighted by molar-refractivity contribution is 0.0697. The summed E-state index contributed by atoms with van der Waals surface area (Å²) in [4.78, 5) is 10.2. The Morgan fingerprint density at radius 1 is 1.40 bits per heavy atom. The van der Waals surface area contributed by atoms with Crippen LogP contribution in [0.2, 0.25) is 5.02 Å². The Morgan fingerprint density at radius 2 is 1.93 bits per heavy atom. The maximum absolute atomic E-state index is 11.0. The van der Waals surface area contributed by atoms with Gasteiger partial charge in [-0.1, -0.05) is 11.6 Å². The Balaban J connectivity index is 3.58. The van der Waals surface area contributed by atoms with Crippen molar-refractivity contribution in [2.24, 2.45) is 5.14 Å². The van der Waals surface area contributed by atoms with E-state index in [-0.39, 0.29) is 16.3 Å². The summed E-state index contributed by atoms with van der Waals surface area (Å²) in [5.74, 6) is -1.36. The highest BCUT2D eigenvalue weighted by Crippen LogP contribution is 2.25. The van der Waals surface area contributed by atoms with Gasteiger partial charge in [0, 0.05) is 0 Å². The molecule has 0 aromatic heterocycles. The van der Waals surface area contributed by atoms with Crippen LogP contribution in [0, 0.1) is 0 Å². The molecule has 0 aliphatic rings. The van der Waals surface area contributed by atoms with Gasteiger partial charge in [-0.25, -0.2) is 18.4 Å². The predicted octanol–water partition coefficient (Wildman–Crippen LogP) is 0.268. The molecule has 15 heavy (non-hydrogen) atoms. The standard InChI is InChI=1S/C7H7ClN2O4S/c8-4-2-5(9)6(15(10,13)14)1-3(4)7(11)12/h1-2H,9H2,(H,11,12)(H2,10,13,14). The second-order valence-corrected chi connectivity index (χ2v) is 4.66. The number of hydrogen-bond donors (Lipinski definition) is 3. The van der Waals surface area contributed by atoms with Crippen LogP contribution in [0.25, 0.3) is 0 Å². The summed E-state index contributed by atoms with van der Waals surface area (Å²) < 4.78 is 22.0. The molecule has 0 atom stereocenters. The molecule has 0 bridgehead atoms. The third-order valence-corrected chi connectivity index (χ3v) is 2.92. The second-order valence-electron chi connectivity index (χ2n) is 2.72. The molecule has 1 rings (SSSR count). The first-order valence-electron chi connectivity index (χ1n) is 3.58. The largest absolute Gasteiger partial charge is 0.478 e. The van der Waals surface area contributed by atoms with E-state index in [1.807, 2.05) is 0 Å². The summed E-state index contributed by atoms with van der Waals surface area (Å²) >= 11 is 5.55. The zero-order chi connectivity index (χ0) is 11.8. The van der Waals surface area contributed by atoms with E-state index in [0.29, 0.717) is 0 Å². The van der Waals surface area contributed by atoms with Crippen molar-refractivity contribution >= 4 is 33.3 Å². The number of aromatic carboxylic acids is 1. The quantitative estimate of drug-likeness (QED) is 0.650. The van der Waals surface area contributed by atoms with Crippen molar-refractivity contribution in [2.45, 2.75) is 4.90 Å². The zero-order valence-corrected chi connectivity index (χ0v) is 8.84. The van der Waals surface area contributed by atoms with Gasteiger partial charge in [-0.15, -0.1) is 0 Å². The number of rotatable bonds is 2. The Labute approximate surface area is 90.5 Å². The number of primary sulfonamides is 1. The number of hydrogen-bond acceptors (Lipinski definition) is 4. The molecule has 8 heteroatoms. The molecule has 1 aromatic carbocycles. The summed E-state index contributed by atoms with van der Waals surface area (Å²) in [5.41, 5.74) is 4.79. The van der Waals surface area contributed by atoms with Crippen molar-refractivity contribution in [3.63, 3.8) is 0 Å². The predicted molar refractivity (Wildman–Crippen MR) is 54.2 cm³/mol. The minimum atomic E-state index is -4.05. The van der Waals surface area contributed by atoms with Crippen molar-refractivity contribution in [1.29, 1.82) is 0 Å². The van der Waals surface area contributed by atoms with Crippen LogP contribution < -0.4 is 10.9 Å². The maximum Gasteiger partial charge on any atom is 0.337 e. The van der Waals surface area contributed by atoms with Gasteiger partial charge < -0.3 is 10.8 Å². The van der Waals surface area contributed by atoms with Gasteiger partial charge in [0.2, 0.25) is 10.0 Å². The van der Waals surface area contributed by atoms with E-state index < -0.39 is 20.9 Å². The summed E-state index contributed by atoms with van der Waals surface area (Å²) in [6.45, 7) is 0. The minimum absolute atomic E-state index is 0.146. The molecule has 82 valence electrons. The van der Waals surface area contributed by atoms with Gasteiger partial charge in [-0.3, -0.25) is 0 Å². The molecule has 0 radical (unpaired) electrons. The first-order chi connectivity index (χ1) is 6.73. The number of sulfonamides is 1. The van der Waals surface area contributed by atoms with Gasteiger partial charge in [0.15, 0.2) is 0 Å². The Morgan fingerprint density at radius 3 is 2.33 bits per heavy atom. The lowest BCUT2D eigenvalue weighted by Gasteiger charge is -2.06. The highest BCUT2D eigenvalue weighted by atomic mass is 35.5. The number of carboxylic acids is 1. The monoisotopic (exact) mass is 250 g/mol. The molecule has 0 fully saturated rings. The van der Waals surface area contributed by atoms with Crippen LogP contribution in [0.3, 0.4) is 0 Å². The number of benzene rings is 1. The van der Waals surface area contributed by atoms with Crippen LogP contribution in [0.4, 0.5) is 5.69 Å². The first-order valence-corrected chi connectivity index (χ1v) is 5.51. The second kappa shape index (κ2) is 3.69. The van der Waals surface area contributed by atoms with Crippen LogP contribution >= 0.6 is 11.6 Å². The van der Waals surface area contributed by atoms with E-state index >= 15 is 0 Å². The first kappa shape index (κ1) is 11.8. The molecule has 0 amide bonds. The molecule has 1 aromatic rings. The fourth-order valence-electron chi connectivity index (χ4n) is 0.979. The minimum Gasteiger partial charge on any atom is -0.478 e. The number of nitrogens with two attached hydrogens (primary N) is 2. The van der Waals surface area contributed by atoms with Crippen LogP contribution in [0.1, 0.15) is 10.4 Å². The van der Waals surface area contributed by atoms with Crippen LogP contribution in [0.5, 0.6) is 0 Å². The Bertz CT molecular complexity index is 526. The highest BCUT2D eigenvalue weighted by Gasteiger charge is 2.18. The van der Waals surface area contributed by atoms with Gasteiger partial charge >= 0.3 is 5.97 Å². The van der Waals surface area contributed by atoms with Crippen molar-refractivity contribution < 1.29 is 18.3 Å². The van der Waals surface area contributed by atoms with Crippen molar-refractivity contribution in [3.8, 4) is 0 Å². The average Bonchev–Trinajstić information content (AvgIpc) is 2.00. The van der Waals surface area contributed by atoms with E-state index in [1.54, 1.807) is 0 Å². The van der Waals surface area contributed by atoms with E-state index in [4.69, 9.17) is 27.6 Å². The molecule has 0 unspecified atom stereocenters. The number of carboxylic acid groups (broad SMARTS) is 1. The Kier molecular flexibility index (Phi) is 2.89. The fourth-order valence-corrected chi connectivity index (χ4v) is 1.90. The molecule has 0 spiro atoms. The lowest BCUT2D eigenvalue weighted by Crippen LogP contribution is -2.15. The van der Waals surface area contributed by atoms with Gasteiger partial charge in [0.05, 0.1) is 16.3 Å². The zero-order valence-electron chi connectivity index (χ0n) is 7.27. The van der Waals surface area contributed by atoms with Crippen molar-refractivity contribution in [1.82, 2.24) is 0 Å². The van der Waals surface area contributed by atoms with Crippen molar-refractivity contribution in [2.75, 3.05) is 5.73 Å². The molecule has 0 saturated heterocycles. The normalized spacial score (nSPS) is 11.3. The van der Waals surface area contributed by atoms with E-state index in [1.165, 1.54) is 0 Å². The van der Waals surface area contributed by atoms with Crippen molar-refractivity contribution in [3.05, 3.63) is 22.7 Å². The summed E-state index contributed by atoms with van der Waals surface area (Å²) in [7, 11) is -4.05. The van der Waals surface area contributed by atoms with Crippen LogP contribution in [-0.2, 0) is 10.0 Å². The molecular weight excluding hydrogens is 244 g/mol. The van der Waals surface area contributed by atoms with Gasteiger partial charge in [-0.2, -0.15) is 0 Å². The molecule has 6 nitrogen and oxygen atoms in total. The molecule has 0 heterocycles. The van der Waals surface area contributed by atoms with Gasteiger partial charge in [0.25, 0.3) is 0 Å². The van der Waals surface area contributed by atoms with E-state index in [9.17, 15) is 13.2 Å². The highest BCUT2D eigenvalue weighted by molar-refractivity contribution is 7.89. The van der Waals surface area contributed by atoms with Crippen LogP contribution in [0.15, 0.2) is 17.0 Å². The summed E-state index contributed by atoms with van der Waals surface area (Å²) in [6, 6.07) is 1.86. The molecule has 5 N–H and O–H groups in total. The van der Waals surface area contributed by atoms with Gasteiger partial charge in [-0.05, 0) is 12.1 Å². The molecule has 0 aliphatic carbocycles. The van der Waals surface area contributed by atoms with Crippen LogP contribution in [-0.4, -0.2) is 19.5 Å². The SMILES string of the molecule is Nc1cc(Cl)c(C(=O)O)cc1S(N)(=O)=O. The lowest BCUT2D eigenvalue weighted by atomic mass is 10.2. The average molecular weight is 251 g/mol. The third-order valence-electron chi connectivity index (χ3n) is 1.64. The smallest absolute Gasteiger partial charge is 0.337 e.